The highest BCUT2D eigenvalue weighted by Gasteiger charge is 2.15. The Bertz CT molecular complexity index is 296. The van der Waals surface area contributed by atoms with E-state index in [1.54, 1.807) is 0 Å². The van der Waals surface area contributed by atoms with E-state index in [4.69, 9.17) is 5.73 Å². The van der Waals surface area contributed by atoms with Gasteiger partial charge in [-0.15, -0.1) is 0 Å². The van der Waals surface area contributed by atoms with Crippen molar-refractivity contribution in [3.63, 3.8) is 0 Å². The summed E-state index contributed by atoms with van der Waals surface area (Å²) in [5, 5.41) is 0.595. The third kappa shape index (κ3) is 3.24. The molecule has 0 aliphatic heterocycles. The zero-order valence-electron chi connectivity index (χ0n) is 9.97. The monoisotopic (exact) mass is 227 g/mol. The largest absolute Gasteiger partial charge is 0.332 e. The first-order valence-corrected chi connectivity index (χ1v) is 6.63. The summed E-state index contributed by atoms with van der Waals surface area (Å²) in [6, 6.07) is 0.0848. The lowest BCUT2D eigenvalue weighted by Crippen LogP contribution is -2.22. The van der Waals surface area contributed by atoms with Crippen molar-refractivity contribution < 1.29 is 0 Å². The van der Waals surface area contributed by atoms with Crippen molar-refractivity contribution in [3.8, 4) is 0 Å². The quantitative estimate of drug-likeness (QED) is 0.839. The fraction of sp³-hybridized carbons (Fsp3) is 0.727. The Hall–Kier alpha value is -0.480. The minimum atomic E-state index is 0.0848. The first kappa shape index (κ1) is 12.6. The highest BCUT2D eigenvalue weighted by atomic mass is 32.2. The SMILES string of the molecule is CSC(C)Cn1cncc1C(N)C(C)C. The molecule has 0 aromatic carbocycles. The van der Waals surface area contributed by atoms with E-state index in [9.17, 15) is 0 Å². The molecule has 0 spiro atoms. The first-order chi connectivity index (χ1) is 7.06. The zero-order chi connectivity index (χ0) is 11.4. The molecule has 3 nitrogen and oxygen atoms in total. The van der Waals surface area contributed by atoms with Crippen molar-refractivity contribution in [3.05, 3.63) is 18.2 Å². The van der Waals surface area contributed by atoms with Gasteiger partial charge in [-0.2, -0.15) is 11.8 Å². The summed E-state index contributed by atoms with van der Waals surface area (Å²) in [6.45, 7) is 7.48. The summed E-state index contributed by atoms with van der Waals surface area (Å²) in [5.41, 5.74) is 7.28. The van der Waals surface area contributed by atoms with Crippen LogP contribution in [0.1, 0.15) is 32.5 Å². The molecule has 0 bridgehead atoms. The topological polar surface area (TPSA) is 43.8 Å². The number of hydrogen-bond acceptors (Lipinski definition) is 3. The van der Waals surface area contributed by atoms with E-state index >= 15 is 0 Å². The van der Waals surface area contributed by atoms with Gasteiger partial charge in [0.2, 0.25) is 0 Å². The predicted octanol–water partition coefficient (Wildman–Crippen LogP) is 2.29. The molecule has 1 heterocycles. The summed E-state index contributed by atoms with van der Waals surface area (Å²) in [6.07, 6.45) is 5.89. The lowest BCUT2D eigenvalue weighted by atomic mass is 10.0. The fourth-order valence-corrected chi connectivity index (χ4v) is 1.76. The number of imidazole rings is 1. The van der Waals surface area contributed by atoms with Gasteiger partial charge >= 0.3 is 0 Å². The number of aromatic nitrogens is 2. The zero-order valence-corrected chi connectivity index (χ0v) is 10.8. The van der Waals surface area contributed by atoms with Gasteiger partial charge in [0, 0.05) is 24.0 Å². The van der Waals surface area contributed by atoms with Gasteiger partial charge in [0.15, 0.2) is 0 Å². The van der Waals surface area contributed by atoms with Crippen LogP contribution >= 0.6 is 11.8 Å². The van der Waals surface area contributed by atoms with Crippen LogP contribution in [-0.4, -0.2) is 21.1 Å². The van der Waals surface area contributed by atoms with Gasteiger partial charge in [0.1, 0.15) is 0 Å². The van der Waals surface area contributed by atoms with Crippen LogP contribution in [0.3, 0.4) is 0 Å². The van der Waals surface area contributed by atoms with Gasteiger partial charge in [-0.05, 0) is 12.2 Å². The Morgan fingerprint density at radius 3 is 2.67 bits per heavy atom. The lowest BCUT2D eigenvalue weighted by molar-refractivity contribution is 0.477. The normalized spacial score (nSPS) is 15.6. The first-order valence-electron chi connectivity index (χ1n) is 5.34. The van der Waals surface area contributed by atoms with Crippen LogP contribution in [0.4, 0.5) is 0 Å². The van der Waals surface area contributed by atoms with E-state index in [0.717, 1.165) is 12.2 Å². The molecule has 2 atom stereocenters. The number of thioether (sulfide) groups is 1. The molecule has 15 heavy (non-hydrogen) atoms. The molecule has 1 aromatic heterocycles. The van der Waals surface area contributed by atoms with E-state index in [-0.39, 0.29) is 6.04 Å². The molecule has 86 valence electrons. The van der Waals surface area contributed by atoms with Crippen LogP contribution in [0, 0.1) is 5.92 Å². The summed E-state index contributed by atoms with van der Waals surface area (Å²) in [7, 11) is 0. The Balaban J connectivity index is 2.77. The second-order valence-electron chi connectivity index (χ2n) is 4.29. The molecule has 0 fully saturated rings. The Kier molecular flexibility index (Phi) is 4.67. The Morgan fingerprint density at radius 1 is 1.47 bits per heavy atom. The number of nitrogens with two attached hydrogens (primary N) is 1. The van der Waals surface area contributed by atoms with Gasteiger partial charge < -0.3 is 10.3 Å². The van der Waals surface area contributed by atoms with Crippen molar-refractivity contribution in [1.29, 1.82) is 0 Å². The number of nitrogens with zero attached hydrogens (tertiary/aromatic N) is 2. The van der Waals surface area contributed by atoms with Crippen LogP contribution in [0.2, 0.25) is 0 Å². The van der Waals surface area contributed by atoms with Crippen molar-refractivity contribution >= 4 is 11.8 Å². The molecule has 1 aromatic rings. The van der Waals surface area contributed by atoms with Crippen molar-refractivity contribution in [1.82, 2.24) is 9.55 Å². The summed E-state index contributed by atoms with van der Waals surface area (Å²) in [5.74, 6) is 0.449. The van der Waals surface area contributed by atoms with Gasteiger partial charge in [-0.25, -0.2) is 4.98 Å². The third-order valence-corrected chi connectivity index (χ3v) is 3.61. The van der Waals surface area contributed by atoms with Gasteiger partial charge in [0.05, 0.1) is 12.0 Å². The van der Waals surface area contributed by atoms with Crippen molar-refractivity contribution in [2.75, 3.05) is 6.26 Å². The van der Waals surface area contributed by atoms with Crippen LogP contribution in [0.15, 0.2) is 12.5 Å². The summed E-state index contributed by atoms with van der Waals surface area (Å²) >= 11 is 1.86. The van der Waals surface area contributed by atoms with Crippen molar-refractivity contribution in [2.45, 2.75) is 38.6 Å². The minimum absolute atomic E-state index is 0.0848. The molecule has 0 saturated heterocycles. The van der Waals surface area contributed by atoms with Crippen LogP contribution in [-0.2, 0) is 6.54 Å². The average Bonchev–Trinajstić information content (AvgIpc) is 2.64. The maximum absolute atomic E-state index is 6.13. The Morgan fingerprint density at radius 2 is 2.13 bits per heavy atom. The second kappa shape index (κ2) is 5.56. The summed E-state index contributed by atoms with van der Waals surface area (Å²) in [4.78, 5) is 4.19. The molecular weight excluding hydrogens is 206 g/mol. The van der Waals surface area contributed by atoms with Crippen LogP contribution in [0.25, 0.3) is 0 Å². The standard InChI is InChI=1S/C11H21N3S/c1-8(2)11(12)10-5-13-7-14(10)6-9(3)15-4/h5,7-9,11H,6,12H2,1-4H3. The van der Waals surface area contributed by atoms with Crippen LogP contribution in [0.5, 0.6) is 0 Å². The molecule has 0 radical (unpaired) electrons. The van der Waals surface area contributed by atoms with Gasteiger partial charge in [0.25, 0.3) is 0 Å². The van der Waals surface area contributed by atoms with E-state index in [1.165, 1.54) is 0 Å². The van der Waals surface area contributed by atoms with E-state index < -0.39 is 0 Å². The smallest absolute Gasteiger partial charge is 0.0949 e. The highest BCUT2D eigenvalue weighted by molar-refractivity contribution is 7.99. The average molecular weight is 227 g/mol. The second-order valence-corrected chi connectivity index (χ2v) is 5.56. The molecule has 2 unspecified atom stereocenters. The maximum atomic E-state index is 6.13. The Labute approximate surface area is 96.5 Å². The fourth-order valence-electron chi connectivity index (χ4n) is 1.45. The minimum Gasteiger partial charge on any atom is -0.332 e. The molecule has 0 amide bonds. The molecule has 2 N–H and O–H groups in total. The number of rotatable bonds is 5. The van der Waals surface area contributed by atoms with E-state index in [2.05, 4.69) is 36.6 Å². The third-order valence-electron chi connectivity index (χ3n) is 2.66. The predicted molar refractivity (Wildman–Crippen MR) is 67.0 cm³/mol. The van der Waals surface area contributed by atoms with E-state index in [0.29, 0.717) is 11.2 Å². The summed E-state index contributed by atoms with van der Waals surface area (Å²) < 4.78 is 2.17. The molecule has 4 heteroatoms. The number of hydrogen-bond donors (Lipinski definition) is 1. The lowest BCUT2D eigenvalue weighted by Gasteiger charge is -2.19. The molecule has 0 saturated carbocycles. The van der Waals surface area contributed by atoms with Gasteiger partial charge in [-0.1, -0.05) is 20.8 Å². The van der Waals surface area contributed by atoms with Crippen molar-refractivity contribution in [2.24, 2.45) is 11.7 Å². The maximum Gasteiger partial charge on any atom is 0.0949 e. The molecular formula is C11H21N3S. The molecule has 1 rings (SSSR count). The molecule has 0 aliphatic rings. The van der Waals surface area contributed by atoms with E-state index in [1.807, 2.05) is 24.3 Å². The van der Waals surface area contributed by atoms with Crippen LogP contribution < -0.4 is 5.73 Å². The highest BCUT2D eigenvalue weighted by Crippen LogP contribution is 2.19. The molecule has 0 aliphatic carbocycles. The van der Waals surface area contributed by atoms with Gasteiger partial charge in [-0.3, -0.25) is 0 Å².